The highest BCUT2D eigenvalue weighted by molar-refractivity contribution is 5.76. The van der Waals surface area contributed by atoms with Crippen LogP contribution in [-0.2, 0) is 14.3 Å². The molecule has 0 rings (SSSR count). The predicted molar refractivity (Wildman–Crippen MR) is 287 cm³/mol. The Morgan fingerprint density at radius 3 is 1.20 bits per heavy atom. The fourth-order valence-electron chi connectivity index (χ4n) is 8.60. The molecule has 1 amide bonds. The zero-order chi connectivity index (χ0) is 47.9. The molecular formula is C60H111NO5. The Hall–Kier alpha value is -2.18. The molecule has 386 valence electrons. The Labute approximate surface area is 410 Å². The molecule has 2 unspecified atom stereocenters. The summed E-state index contributed by atoms with van der Waals surface area (Å²) in [6, 6.07) is -0.632. The van der Waals surface area contributed by atoms with E-state index >= 15 is 0 Å². The van der Waals surface area contributed by atoms with Crippen molar-refractivity contribution >= 4 is 11.9 Å². The van der Waals surface area contributed by atoms with Crippen LogP contribution in [0, 0.1) is 0 Å². The minimum absolute atomic E-state index is 0.00226. The first-order valence-corrected chi connectivity index (χ1v) is 28.9. The molecule has 66 heavy (non-hydrogen) atoms. The van der Waals surface area contributed by atoms with E-state index in [1.807, 2.05) is 6.08 Å². The van der Waals surface area contributed by atoms with E-state index in [-0.39, 0.29) is 18.5 Å². The number of hydrogen-bond acceptors (Lipinski definition) is 5. The van der Waals surface area contributed by atoms with Crippen molar-refractivity contribution in [2.45, 2.75) is 309 Å². The Balaban J connectivity index is 3.46. The number of nitrogens with one attached hydrogen (secondary N) is 1. The topological polar surface area (TPSA) is 95.9 Å². The highest BCUT2D eigenvalue weighted by Crippen LogP contribution is 2.15. The SMILES string of the molecule is CCCCC/C=C\CCCCCCCC(=O)OCCCCCCCCCCC/C=C\C/C=C\CCCCCCCCCCCC(=O)NC(CO)C(O)/C=C/CCCCCCCCCCCC. The van der Waals surface area contributed by atoms with Gasteiger partial charge in [-0.05, 0) is 89.9 Å². The standard InChI is InChI=1S/C60H111NO5/c1-3-5-7-9-11-13-15-32-36-40-44-48-52-58(63)57(56-62)61-59(64)53-49-45-41-37-33-30-28-26-24-22-20-18-17-19-21-23-25-27-29-31-35-39-43-47-51-55-66-60(65)54-50-46-42-38-34-16-14-12-10-8-6-4-2/h12,14,18-21,48,52,57-58,62-63H,3-11,13,15-17,22-47,49-51,53-56H2,1-2H3,(H,61,64)/b14-12-,20-18-,21-19-,52-48+. The van der Waals surface area contributed by atoms with Crippen molar-refractivity contribution in [3.63, 3.8) is 0 Å². The van der Waals surface area contributed by atoms with Crippen molar-refractivity contribution in [1.82, 2.24) is 5.32 Å². The Morgan fingerprint density at radius 2 is 0.758 bits per heavy atom. The number of aliphatic hydroxyl groups is 2. The lowest BCUT2D eigenvalue weighted by molar-refractivity contribution is -0.143. The first-order chi connectivity index (χ1) is 32.5. The van der Waals surface area contributed by atoms with Gasteiger partial charge in [0.1, 0.15) is 0 Å². The number of aliphatic hydroxyl groups excluding tert-OH is 2. The third-order valence-corrected chi connectivity index (χ3v) is 13.1. The van der Waals surface area contributed by atoms with Crippen LogP contribution in [0.5, 0.6) is 0 Å². The molecule has 3 N–H and O–H groups in total. The van der Waals surface area contributed by atoms with Gasteiger partial charge in [-0.1, -0.05) is 242 Å². The molecule has 6 nitrogen and oxygen atoms in total. The predicted octanol–water partition coefficient (Wildman–Crippen LogP) is 17.8. The van der Waals surface area contributed by atoms with E-state index in [9.17, 15) is 19.8 Å². The number of hydrogen-bond donors (Lipinski definition) is 3. The highest BCUT2D eigenvalue weighted by Gasteiger charge is 2.18. The number of ether oxygens (including phenoxy) is 1. The van der Waals surface area contributed by atoms with E-state index in [0.717, 1.165) is 51.4 Å². The Morgan fingerprint density at radius 1 is 0.424 bits per heavy atom. The quantitative estimate of drug-likeness (QED) is 0.0321. The second-order valence-corrected chi connectivity index (χ2v) is 19.6. The van der Waals surface area contributed by atoms with Gasteiger partial charge in [-0.3, -0.25) is 9.59 Å². The summed E-state index contributed by atoms with van der Waals surface area (Å²) in [5.41, 5.74) is 0. The molecule has 0 aliphatic carbocycles. The molecule has 0 aliphatic rings. The van der Waals surface area contributed by atoms with E-state index in [1.54, 1.807) is 6.08 Å². The van der Waals surface area contributed by atoms with Crippen LogP contribution in [0.15, 0.2) is 48.6 Å². The van der Waals surface area contributed by atoms with Gasteiger partial charge in [-0.25, -0.2) is 0 Å². The average Bonchev–Trinajstić information content (AvgIpc) is 3.32. The van der Waals surface area contributed by atoms with Crippen LogP contribution in [0.3, 0.4) is 0 Å². The van der Waals surface area contributed by atoms with Crippen LogP contribution in [0.25, 0.3) is 0 Å². The van der Waals surface area contributed by atoms with Gasteiger partial charge in [-0.2, -0.15) is 0 Å². The minimum Gasteiger partial charge on any atom is -0.466 e. The molecule has 0 bridgehead atoms. The zero-order valence-electron chi connectivity index (χ0n) is 43.9. The second-order valence-electron chi connectivity index (χ2n) is 19.6. The van der Waals surface area contributed by atoms with E-state index < -0.39 is 12.1 Å². The van der Waals surface area contributed by atoms with Gasteiger partial charge in [-0.15, -0.1) is 0 Å². The van der Waals surface area contributed by atoms with E-state index in [0.29, 0.717) is 19.4 Å². The lowest BCUT2D eigenvalue weighted by atomic mass is 10.0. The van der Waals surface area contributed by atoms with Crippen molar-refractivity contribution in [2.24, 2.45) is 0 Å². The zero-order valence-corrected chi connectivity index (χ0v) is 43.9. The molecule has 6 heteroatoms. The molecule has 0 aliphatic heterocycles. The molecule has 0 aromatic rings. The van der Waals surface area contributed by atoms with Gasteiger partial charge in [0.15, 0.2) is 0 Å². The molecule has 0 aromatic carbocycles. The van der Waals surface area contributed by atoms with Crippen LogP contribution in [0.4, 0.5) is 0 Å². The largest absolute Gasteiger partial charge is 0.466 e. The third-order valence-electron chi connectivity index (χ3n) is 13.1. The van der Waals surface area contributed by atoms with Gasteiger partial charge in [0.25, 0.3) is 0 Å². The molecule has 0 spiro atoms. The Bertz CT molecular complexity index is 1110. The lowest BCUT2D eigenvalue weighted by Gasteiger charge is -2.20. The number of allylic oxidation sites excluding steroid dienone is 7. The van der Waals surface area contributed by atoms with Gasteiger partial charge in [0.05, 0.1) is 25.4 Å². The molecule has 0 saturated carbocycles. The lowest BCUT2D eigenvalue weighted by Crippen LogP contribution is -2.45. The summed E-state index contributed by atoms with van der Waals surface area (Å²) in [7, 11) is 0. The van der Waals surface area contributed by atoms with Gasteiger partial charge < -0.3 is 20.3 Å². The second kappa shape index (κ2) is 55.4. The van der Waals surface area contributed by atoms with E-state index in [2.05, 4.69) is 55.6 Å². The number of rotatable bonds is 53. The summed E-state index contributed by atoms with van der Waals surface area (Å²) in [4.78, 5) is 24.4. The van der Waals surface area contributed by atoms with Crippen molar-refractivity contribution < 1.29 is 24.5 Å². The maximum atomic E-state index is 12.4. The maximum Gasteiger partial charge on any atom is 0.305 e. The van der Waals surface area contributed by atoms with Crippen molar-refractivity contribution in [3.05, 3.63) is 48.6 Å². The summed E-state index contributed by atoms with van der Waals surface area (Å²) >= 11 is 0. The Kier molecular flexibility index (Phi) is 53.6. The monoisotopic (exact) mass is 926 g/mol. The summed E-state index contributed by atoms with van der Waals surface area (Å²) in [5, 5.41) is 23.0. The normalized spacial score (nSPS) is 13.0. The molecular weight excluding hydrogens is 815 g/mol. The minimum atomic E-state index is -0.848. The van der Waals surface area contributed by atoms with Gasteiger partial charge in [0.2, 0.25) is 5.91 Å². The molecule has 0 radical (unpaired) electrons. The number of esters is 1. The molecule has 0 aromatic heterocycles. The third kappa shape index (κ3) is 51.2. The average molecular weight is 927 g/mol. The van der Waals surface area contributed by atoms with Crippen LogP contribution >= 0.6 is 0 Å². The molecule has 0 heterocycles. The molecule has 0 fully saturated rings. The number of unbranched alkanes of at least 4 members (excludes halogenated alkanes) is 36. The smallest absolute Gasteiger partial charge is 0.305 e. The van der Waals surface area contributed by atoms with E-state index in [4.69, 9.17) is 4.74 Å². The van der Waals surface area contributed by atoms with E-state index in [1.165, 1.54) is 218 Å². The summed E-state index contributed by atoms with van der Waals surface area (Å²) in [6.07, 6.45) is 70.0. The first kappa shape index (κ1) is 63.8. The van der Waals surface area contributed by atoms with Crippen molar-refractivity contribution in [2.75, 3.05) is 13.2 Å². The molecule has 0 saturated heterocycles. The number of carbonyl (C=O) groups excluding carboxylic acids is 2. The number of carbonyl (C=O) groups is 2. The van der Waals surface area contributed by atoms with Crippen molar-refractivity contribution in [1.29, 1.82) is 0 Å². The van der Waals surface area contributed by atoms with Crippen LogP contribution < -0.4 is 5.32 Å². The van der Waals surface area contributed by atoms with Gasteiger partial charge in [0, 0.05) is 12.8 Å². The van der Waals surface area contributed by atoms with Crippen LogP contribution in [0.1, 0.15) is 296 Å². The number of amides is 1. The maximum absolute atomic E-state index is 12.4. The first-order valence-electron chi connectivity index (χ1n) is 28.9. The molecule has 2 atom stereocenters. The fourth-order valence-corrected chi connectivity index (χ4v) is 8.60. The fraction of sp³-hybridized carbons (Fsp3) is 0.833. The van der Waals surface area contributed by atoms with Crippen LogP contribution in [-0.4, -0.2) is 47.4 Å². The summed E-state index contributed by atoms with van der Waals surface area (Å²) in [5.74, 6) is -0.0777. The summed E-state index contributed by atoms with van der Waals surface area (Å²) in [6.45, 7) is 4.86. The van der Waals surface area contributed by atoms with Crippen molar-refractivity contribution in [3.8, 4) is 0 Å². The summed E-state index contributed by atoms with van der Waals surface area (Å²) < 4.78 is 5.46. The van der Waals surface area contributed by atoms with Gasteiger partial charge >= 0.3 is 5.97 Å². The van der Waals surface area contributed by atoms with Crippen LogP contribution in [0.2, 0.25) is 0 Å². The highest BCUT2D eigenvalue weighted by atomic mass is 16.5.